The lowest BCUT2D eigenvalue weighted by Crippen LogP contribution is -2.16. The molecule has 17 heavy (non-hydrogen) atoms. The van der Waals surface area contributed by atoms with Crippen molar-refractivity contribution in [3.63, 3.8) is 0 Å². The van der Waals surface area contributed by atoms with Crippen LogP contribution >= 0.6 is 0 Å². The van der Waals surface area contributed by atoms with E-state index in [9.17, 15) is 0 Å². The number of anilines is 1. The maximum absolute atomic E-state index is 5.43. The molecule has 0 heterocycles. The fourth-order valence-electron chi connectivity index (χ4n) is 2.71. The van der Waals surface area contributed by atoms with Crippen molar-refractivity contribution in [2.24, 2.45) is 5.92 Å². The third-order valence-electron chi connectivity index (χ3n) is 3.84. The van der Waals surface area contributed by atoms with Crippen molar-refractivity contribution < 1.29 is 4.74 Å². The average molecular weight is 233 g/mol. The van der Waals surface area contributed by atoms with E-state index in [-0.39, 0.29) is 0 Å². The van der Waals surface area contributed by atoms with Gasteiger partial charge in [0.25, 0.3) is 0 Å². The smallest absolute Gasteiger partial charge is 0.142 e. The summed E-state index contributed by atoms with van der Waals surface area (Å²) in [5.41, 5.74) is 2.38. The van der Waals surface area contributed by atoms with Gasteiger partial charge in [-0.1, -0.05) is 19.4 Å². The summed E-state index contributed by atoms with van der Waals surface area (Å²) in [5, 5.41) is 3.63. The zero-order valence-corrected chi connectivity index (χ0v) is 11.1. The minimum absolute atomic E-state index is 0.622. The molecule has 2 atom stereocenters. The summed E-state index contributed by atoms with van der Waals surface area (Å²) >= 11 is 0. The van der Waals surface area contributed by atoms with Crippen molar-refractivity contribution in [3.8, 4) is 5.75 Å². The summed E-state index contributed by atoms with van der Waals surface area (Å²) in [7, 11) is 1.74. The van der Waals surface area contributed by atoms with Gasteiger partial charge in [0.05, 0.1) is 12.8 Å². The van der Waals surface area contributed by atoms with Crippen LogP contribution in [0, 0.1) is 12.8 Å². The predicted molar refractivity (Wildman–Crippen MR) is 72.8 cm³/mol. The zero-order valence-electron chi connectivity index (χ0n) is 11.1. The van der Waals surface area contributed by atoms with Crippen LogP contribution in [0.5, 0.6) is 5.75 Å². The number of benzene rings is 1. The molecule has 2 unspecified atom stereocenters. The summed E-state index contributed by atoms with van der Waals surface area (Å²) in [5.74, 6) is 1.87. The molecule has 1 aliphatic rings. The highest BCUT2D eigenvalue weighted by Gasteiger charge is 2.23. The Balaban J connectivity index is 2.03. The second-order valence-corrected chi connectivity index (χ2v) is 5.13. The first kappa shape index (κ1) is 12.3. The molecular weight excluding hydrogens is 210 g/mol. The van der Waals surface area contributed by atoms with Crippen LogP contribution < -0.4 is 10.1 Å². The molecule has 1 fully saturated rings. The van der Waals surface area contributed by atoms with Crippen LogP contribution in [0.2, 0.25) is 0 Å². The van der Waals surface area contributed by atoms with Gasteiger partial charge in [-0.3, -0.25) is 0 Å². The highest BCUT2D eigenvalue weighted by molar-refractivity contribution is 5.58. The van der Waals surface area contributed by atoms with Crippen molar-refractivity contribution in [1.82, 2.24) is 0 Å². The molecule has 0 bridgehead atoms. The molecule has 2 nitrogen and oxygen atoms in total. The van der Waals surface area contributed by atoms with Crippen LogP contribution in [0.3, 0.4) is 0 Å². The van der Waals surface area contributed by atoms with Gasteiger partial charge in [-0.2, -0.15) is 0 Å². The van der Waals surface area contributed by atoms with Crippen LogP contribution in [0.25, 0.3) is 0 Å². The number of ether oxygens (including phenoxy) is 1. The number of aryl methyl sites for hydroxylation is 1. The lowest BCUT2D eigenvalue weighted by atomic mass is 10.1. The number of rotatable bonds is 4. The van der Waals surface area contributed by atoms with Crippen molar-refractivity contribution >= 4 is 5.69 Å². The van der Waals surface area contributed by atoms with E-state index in [1.54, 1.807) is 7.11 Å². The molecule has 1 N–H and O–H groups in total. The fraction of sp³-hybridized carbons (Fsp3) is 0.600. The van der Waals surface area contributed by atoms with Crippen LogP contribution in [-0.2, 0) is 0 Å². The fourth-order valence-corrected chi connectivity index (χ4v) is 2.71. The molecule has 2 rings (SSSR count). The van der Waals surface area contributed by atoms with Crippen LogP contribution in [0.4, 0.5) is 5.69 Å². The maximum Gasteiger partial charge on any atom is 0.142 e. The molecule has 2 heteroatoms. The van der Waals surface area contributed by atoms with Crippen molar-refractivity contribution in [2.75, 3.05) is 12.4 Å². The lowest BCUT2D eigenvalue weighted by Gasteiger charge is -2.17. The first-order valence-electron chi connectivity index (χ1n) is 6.64. The molecule has 0 amide bonds. The molecule has 0 spiro atoms. The minimum Gasteiger partial charge on any atom is -0.495 e. The molecule has 0 radical (unpaired) electrons. The highest BCUT2D eigenvalue weighted by atomic mass is 16.5. The third-order valence-corrected chi connectivity index (χ3v) is 3.84. The number of methoxy groups -OCH3 is 1. The summed E-state index contributed by atoms with van der Waals surface area (Å²) in [6.07, 6.45) is 5.26. The van der Waals surface area contributed by atoms with Crippen molar-refractivity contribution in [1.29, 1.82) is 0 Å². The molecule has 0 aliphatic heterocycles. The number of hydrogen-bond acceptors (Lipinski definition) is 2. The molecule has 1 aliphatic carbocycles. The molecule has 94 valence electrons. The van der Waals surface area contributed by atoms with Gasteiger partial charge in [-0.05, 0) is 49.8 Å². The van der Waals surface area contributed by atoms with Crippen molar-refractivity contribution in [2.45, 2.75) is 45.6 Å². The Labute approximate surface area is 104 Å². The van der Waals surface area contributed by atoms with E-state index in [0.29, 0.717) is 6.04 Å². The quantitative estimate of drug-likeness (QED) is 0.849. The molecule has 1 saturated carbocycles. The van der Waals surface area contributed by atoms with E-state index >= 15 is 0 Å². The Kier molecular flexibility index (Phi) is 3.93. The Bertz CT molecular complexity index is 375. The van der Waals surface area contributed by atoms with Crippen molar-refractivity contribution in [3.05, 3.63) is 23.8 Å². The Morgan fingerprint density at radius 1 is 1.35 bits per heavy atom. The van der Waals surface area contributed by atoms with Gasteiger partial charge in [0.2, 0.25) is 0 Å². The summed E-state index contributed by atoms with van der Waals surface area (Å²) in [4.78, 5) is 0. The van der Waals surface area contributed by atoms with E-state index in [2.05, 4.69) is 37.4 Å². The normalized spacial score (nSPS) is 23.7. The molecular formula is C15H23NO. The Morgan fingerprint density at radius 3 is 2.82 bits per heavy atom. The zero-order chi connectivity index (χ0) is 12.3. The lowest BCUT2D eigenvalue weighted by molar-refractivity contribution is 0.415. The van der Waals surface area contributed by atoms with Gasteiger partial charge in [0, 0.05) is 6.04 Å². The summed E-state index contributed by atoms with van der Waals surface area (Å²) < 4.78 is 5.43. The molecule has 1 aromatic rings. The summed E-state index contributed by atoms with van der Waals surface area (Å²) in [6.45, 7) is 4.38. The standard InChI is InChI=1S/C15H23NO/c1-4-12-6-7-13(10-12)16-14-8-5-11(2)9-15(14)17-3/h5,8-9,12-13,16H,4,6-7,10H2,1-3H3. The Hall–Kier alpha value is -1.18. The van der Waals surface area contributed by atoms with E-state index in [4.69, 9.17) is 4.74 Å². The van der Waals surface area contributed by atoms with E-state index in [1.165, 1.54) is 31.2 Å². The largest absolute Gasteiger partial charge is 0.495 e. The topological polar surface area (TPSA) is 21.3 Å². The predicted octanol–water partition coefficient (Wildman–Crippen LogP) is 3.99. The van der Waals surface area contributed by atoms with E-state index < -0.39 is 0 Å². The molecule has 0 saturated heterocycles. The van der Waals surface area contributed by atoms with Gasteiger partial charge in [-0.15, -0.1) is 0 Å². The van der Waals surface area contributed by atoms with Crippen LogP contribution in [0.1, 0.15) is 38.2 Å². The maximum atomic E-state index is 5.43. The van der Waals surface area contributed by atoms with E-state index in [1.807, 2.05) is 0 Å². The van der Waals surface area contributed by atoms with Crippen LogP contribution in [-0.4, -0.2) is 13.2 Å². The first-order chi connectivity index (χ1) is 8.22. The van der Waals surface area contributed by atoms with Gasteiger partial charge in [0.15, 0.2) is 0 Å². The SMILES string of the molecule is CCC1CCC(Nc2ccc(C)cc2OC)C1. The monoisotopic (exact) mass is 233 g/mol. The third kappa shape index (κ3) is 2.93. The summed E-state index contributed by atoms with van der Waals surface area (Å²) in [6, 6.07) is 6.98. The molecule has 0 aromatic heterocycles. The average Bonchev–Trinajstić information content (AvgIpc) is 2.79. The minimum atomic E-state index is 0.622. The first-order valence-corrected chi connectivity index (χ1v) is 6.64. The van der Waals surface area contributed by atoms with Gasteiger partial charge in [-0.25, -0.2) is 0 Å². The number of nitrogens with one attached hydrogen (secondary N) is 1. The van der Waals surface area contributed by atoms with Gasteiger partial charge < -0.3 is 10.1 Å². The van der Waals surface area contributed by atoms with Crippen LogP contribution in [0.15, 0.2) is 18.2 Å². The number of hydrogen-bond donors (Lipinski definition) is 1. The second kappa shape index (κ2) is 5.44. The Morgan fingerprint density at radius 2 is 2.18 bits per heavy atom. The molecule has 1 aromatic carbocycles. The van der Waals surface area contributed by atoms with Gasteiger partial charge >= 0.3 is 0 Å². The van der Waals surface area contributed by atoms with E-state index in [0.717, 1.165) is 17.4 Å². The van der Waals surface area contributed by atoms with Gasteiger partial charge in [0.1, 0.15) is 5.75 Å². The second-order valence-electron chi connectivity index (χ2n) is 5.13. The highest BCUT2D eigenvalue weighted by Crippen LogP contribution is 2.33.